The topological polar surface area (TPSA) is 34.1 Å². The highest BCUT2D eigenvalue weighted by Gasteiger charge is 2.26. The van der Waals surface area contributed by atoms with Gasteiger partial charge in [-0.3, -0.25) is 0 Å². The van der Waals surface area contributed by atoms with Gasteiger partial charge in [0.05, 0.1) is 22.5 Å². The molecule has 1 aliphatic heterocycles. The molecule has 0 fully saturated rings. The standard InChI is InChI=1S/C15H18N2OS2/c1-3-18-14-12(5-4-7-16-14)17-13-9-10(2)20-15-11(13)6-8-19-15/h4-8,10,13,17H,3,9H2,1-2H3/t10-,13?/m0/s1. The first kappa shape index (κ1) is 13.8. The summed E-state index contributed by atoms with van der Waals surface area (Å²) >= 11 is 3.81. The van der Waals surface area contributed by atoms with E-state index in [0.717, 1.165) is 12.1 Å². The maximum atomic E-state index is 5.60. The average molecular weight is 306 g/mol. The molecule has 3 nitrogen and oxygen atoms in total. The number of aromatic nitrogens is 1. The number of nitrogens with zero attached hydrogens (tertiary/aromatic N) is 1. The quantitative estimate of drug-likeness (QED) is 0.896. The molecule has 0 bridgehead atoms. The Hall–Kier alpha value is -1.20. The van der Waals surface area contributed by atoms with Crippen LogP contribution in [-0.4, -0.2) is 16.8 Å². The highest BCUT2D eigenvalue weighted by atomic mass is 32.2. The Labute approximate surface area is 127 Å². The lowest BCUT2D eigenvalue weighted by molar-refractivity contribution is 0.328. The molecule has 5 heteroatoms. The second-order valence-corrected chi connectivity index (χ2v) is 7.44. The number of hydrogen-bond donors (Lipinski definition) is 1. The Morgan fingerprint density at radius 3 is 3.20 bits per heavy atom. The second-order valence-electron chi connectivity index (χ2n) is 4.81. The van der Waals surface area contributed by atoms with Crippen molar-refractivity contribution in [1.29, 1.82) is 0 Å². The molecular formula is C15H18N2OS2. The number of pyridine rings is 1. The van der Waals surface area contributed by atoms with Crippen molar-refractivity contribution >= 4 is 28.8 Å². The molecule has 106 valence electrons. The number of ether oxygens (including phenoxy) is 1. The van der Waals surface area contributed by atoms with Crippen LogP contribution in [0.15, 0.2) is 34.0 Å². The summed E-state index contributed by atoms with van der Waals surface area (Å²) in [6, 6.07) is 6.56. The van der Waals surface area contributed by atoms with Crippen molar-refractivity contribution in [3.8, 4) is 5.88 Å². The minimum atomic E-state index is 0.343. The first-order valence-corrected chi connectivity index (χ1v) is 8.62. The van der Waals surface area contributed by atoms with E-state index in [0.29, 0.717) is 23.8 Å². The van der Waals surface area contributed by atoms with E-state index in [1.807, 2.05) is 42.2 Å². The molecule has 0 radical (unpaired) electrons. The van der Waals surface area contributed by atoms with Gasteiger partial charge in [0.1, 0.15) is 0 Å². The molecule has 2 aromatic rings. The van der Waals surface area contributed by atoms with E-state index in [2.05, 4.69) is 28.7 Å². The Bertz CT molecular complexity index is 585. The van der Waals surface area contributed by atoms with Crippen molar-refractivity contribution in [3.05, 3.63) is 35.3 Å². The Morgan fingerprint density at radius 1 is 1.45 bits per heavy atom. The van der Waals surface area contributed by atoms with Crippen LogP contribution < -0.4 is 10.1 Å². The molecule has 0 spiro atoms. The minimum Gasteiger partial charge on any atom is -0.476 e. The van der Waals surface area contributed by atoms with E-state index >= 15 is 0 Å². The summed E-state index contributed by atoms with van der Waals surface area (Å²) in [6.07, 6.45) is 2.89. The third-order valence-electron chi connectivity index (χ3n) is 3.29. The van der Waals surface area contributed by atoms with E-state index in [9.17, 15) is 0 Å². The van der Waals surface area contributed by atoms with E-state index in [-0.39, 0.29) is 0 Å². The largest absolute Gasteiger partial charge is 0.476 e. The third-order valence-corrected chi connectivity index (χ3v) is 5.64. The molecule has 20 heavy (non-hydrogen) atoms. The van der Waals surface area contributed by atoms with Crippen molar-refractivity contribution in [2.45, 2.75) is 35.8 Å². The van der Waals surface area contributed by atoms with Gasteiger partial charge in [0, 0.05) is 11.4 Å². The van der Waals surface area contributed by atoms with Gasteiger partial charge in [-0.2, -0.15) is 0 Å². The normalized spacial score (nSPS) is 21.3. The monoisotopic (exact) mass is 306 g/mol. The van der Waals surface area contributed by atoms with Crippen LogP contribution in [0.25, 0.3) is 0 Å². The lowest BCUT2D eigenvalue weighted by atomic mass is 10.0. The molecule has 0 amide bonds. The summed E-state index contributed by atoms with van der Waals surface area (Å²) in [5.41, 5.74) is 2.39. The molecule has 2 aromatic heterocycles. The fourth-order valence-corrected chi connectivity index (χ4v) is 4.99. The smallest absolute Gasteiger partial charge is 0.237 e. The molecule has 1 aliphatic rings. The Balaban J connectivity index is 1.85. The van der Waals surface area contributed by atoms with Crippen LogP contribution in [0.5, 0.6) is 5.88 Å². The fraction of sp³-hybridized carbons (Fsp3) is 0.400. The predicted molar refractivity (Wildman–Crippen MR) is 86.0 cm³/mol. The number of hydrogen-bond acceptors (Lipinski definition) is 5. The van der Waals surface area contributed by atoms with Gasteiger partial charge in [-0.25, -0.2) is 4.98 Å². The number of anilines is 1. The van der Waals surface area contributed by atoms with E-state index in [1.54, 1.807) is 6.20 Å². The van der Waals surface area contributed by atoms with Crippen molar-refractivity contribution in [1.82, 2.24) is 4.98 Å². The maximum absolute atomic E-state index is 5.60. The third kappa shape index (κ3) is 2.79. The molecule has 0 aliphatic carbocycles. The number of thioether (sulfide) groups is 1. The SMILES string of the molecule is CCOc1ncccc1NC1C[C@H](C)Sc2sccc21. The van der Waals surface area contributed by atoms with Crippen LogP contribution in [0.2, 0.25) is 0 Å². The highest BCUT2D eigenvalue weighted by Crippen LogP contribution is 2.45. The molecule has 0 saturated carbocycles. The van der Waals surface area contributed by atoms with Crippen LogP contribution in [0, 0.1) is 0 Å². The molecule has 3 heterocycles. The molecule has 2 atom stereocenters. The molecule has 0 saturated heterocycles. The van der Waals surface area contributed by atoms with Crippen LogP contribution in [0.3, 0.4) is 0 Å². The van der Waals surface area contributed by atoms with Gasteiger partial charge in [0.25, 0.3) is 0 Å². The van der Waals surface area contributed by atoms with Gasteiger partial charge in [0.15, 0.2) is 0 Å². The van der Waals surface area contributed by atoms with Gasteiger partial charge in [0.2, 0.25) is 5.88 Å². The lowest BCUT2D eigenvalue weighted by Gasteiger charge is -2.28. The van der Waals surface area contributed by atoms with Crippen LogP contribution in [0.4, 0.5) is 5.69 Å². The zero-order valence-electron chi connectivity index (χ0n) is 11.6. The number of nitrogens with one attached hydrogen (secondary N) is 1. The zero-order chi connectivity index (χ0) is 13.9. The highest BCUT2D eigenvalue weighted by molar-refractivity contribution is 8.01. The van der Waals surface area contributed by atoms with Gasteiger partial charge in [-0.1, -0.05) is 6.92 Å². The number of rotatable bonds is 4. The van der Waals surface area contributed by atoms with Crippen LogP contribution >= 0.6 is 23.1 Å². The maximum Gasteiger partial charge on any atom is 0.237 e. The molecule has 3 rings (SSSR count). The minimum absolute atomic E-state index is 0.343. The van der Waals surface area contributed by atoms with Crippen molar-refractivity contribution in [2.75, 3.05) is 11.9 Å². The van der Waals surface area contributed by atoms with Gasteiger partial charge in [-0.05, 0) is 42.5 Å². The van der Waals surface area contributed by atoms with E-state index in [4.69, 9.17) is 4.74 Å². The van der Waals surface area contributed by atoms with Gasteiger partial charge >= 0.3 is 0 Å². The summed E-state index contributed by atoms with van der Waals surface area (Å²) in [4.78, 5) is 4.31. The molecule has 1 N–H and O–H groups in total. The fourth-order valence-electron chi connectivity index (χ4n) is 2.43. The van der Waals surface area contributed by atoms with Crippen LogP contribution in [-0.2, 0) is 0 Å². The molecular weight excluding hydrogens is 288 g/mol. The number of fused-ring (bicyclic) bond motifs is 1. The first-order valence-electron chi connectivity index (χ1n) is 6.86. The van der Waals surface area contributed by atoms with E-state index in [1.165, 1.54) is 9.77 Å². The second kappa shape index (κ2) is 6.06. The first-order chi connectivity index (χ1) is 9.78. The van der Waals surface area contributed by atoms with Crippen molar-refractivity contribution < 1.29 is 4.74 Å². The average Bonchev–Trinajstić information content (AvgIpc) is 2.89. The molecule has 1 unspecified atom stereocenters. The Morgan fingerprint density at radius 2 is 2.35 bits per heavy atom. The van der Waals surface area contributed by atoms with Crippen LogP contribution in [0.1, 0.15) is 31.9 Å². The van der Waals surface area contributed by atoms with E-state index < -0.39 is 0 Å². The number of thiophene rings is 1. The summed E-state index contributed by atoms with van der Waals surface area (Å²) in [5, 5.41) is 6.42. The van der Waals surface area contributed by atoms with Gasteiger partial charge < -0.3 is 10.1 Å². The lowest BCUT2D eigenvalue weighted by Crippen LogP contribution is -2.19. The Kier molecular flexibility index (Phi) is 4.17. The van der Waals surface area contributed by atoms with Crippen molar-refractivity contribution in [2.24, 2.45) is 0 Å². The predicted octanol–water partition coefficient (Wildman–Crippen LogP) is 4.58. The molecule has 0 aromatic carbocycles. The summed E-state index contributed by atoms with van der Waals surface area (Å²) in [6.45, 7) is 4.90. The summed E-state index contributed by atoms with van der Waals surface area (Å²) in [7, 11) is 0. The summed E-state index contributed by atoms with van der Waals surface area (Å²) < 4.78 is 7.03. The summed E-state index contributed by atoms with van der Waals surface area (Å²) in [5.74, 6) is 0.692. The zero-order valence-corrected chi connectivity index (χ0v) is 13.3. The van der Waals surface area contributed by atoms with Crippen molar-refractivity contribution in [3.63, 3.8) is 0 Å². The van der Waals surface area contributed by atoms with Gasteiger partial charge in [-0.15, -0.1) is 23.1 Å².